The summed E-state index contributed by atoms with van der Waals surface area (Å²) in [4.78, 5) is 12.6. The number of para-hydroxylation sites is 2. The number of halogens is 2. The van der Waals surface area contributed by atoms with Crippen LogP contribution in [0.3, 0.4) is 0 Å². The molecule has 0 atom stereocenters. The Morgan fingerprint density at radius 1 is 0.889 bits per heavy atom. The third-order valence-corrected chi connectivity index (χ3v) is 5.72. The van der Waals surface area contributed by atoms with Gasteiger partial charge in [-0.3, -0.25) is 9.52 Å². The quantitative estimate of drug-likeness (QED) is 0.596. The topological polar surface area (TPSA) is 75.3 Å². The maximum Gasteiger partial charge on any atom is 0.261 e. The SMILES string of the molecule is O=C(Nc1ccccc1NS(=O)(=O)c1ccccc1)c1cc(F)ccc1Br. The van der Waals surface area contributed by atoms with E-state index in [1.807, 2.05) is 0 Å². The monoisotopic (exact) mass is 448 g/mol. The maximum atomic E-state index is 13.4. The Morgan fingerprint density at radius 3 is 2.22 bits per heavy atom. The van der Waals surface area contributed by atoms with Crippen molar-refractivity contribution in [2.45, 2.75) is 4.90 Å². The second-order valence-electron chi connectivity index (χ2n) is 5.54. The minimum Gasteiger partial charge on any atom is -0.320 e. The Kier molecular flexibility index (Phi) is 5.57. The van der Waals surface area contributed by atoms with Crippen molar-refractivity contribution in [3.63, 3.8) is 0 Å². The van der Waals surface area contributed by atoms with Gasteiger partial charge in [-0.05, 0) is 58.4 Å². The Bertz CT molecular complexity index is 1090. The van der Waals surface area contributed by atoms with Gasteiger partial charge in [-0.25, -0.2) is 12.8 Å². The van der Waals surface area contributed by atoms with Crippen LogP contribution in [0.1, 0.15) is 10.4 Å². The summed E-state index contributed by atoms with van der Waals surface area (Å²) in [6.45, 7) is 0. The van der Waals surface area contributed by atoms with E-state index in [1.165, 1.54) is 30.3 Å². The van der Waals surface area contributed by atoms with Crippen molar-refractivity contribution in [3.05, 3.63) is 88.6 Å². The van der Waals surface area contributed by atoms with E-state index in [0.29, 0.717) is 4.47 Å². The van der Waals surface area contributed by atoms with Gasteiger partial charge in [-0.2, -0.15) is 0 Å². The molecular formula is C19H14BrFN2O3S. The molecule has 1 amide bonds. The van der Waals surface area contributed by atoms with Crippen LogP contribution in [0.4, 0.5) is 15.8 Å². The van der Waals surface area contributed by atoms with Crippen molar-refractivity contribution in [3.8, 4) is 0 Å². The average molecular weight is 449 g/mol. The largest absolute Gasteiger partial charge is 0.320 e. The molecule has 0 aromatic heterocycles. The highest BCUT2D eigenvalue weighted by Crippen LogP contribution is 2.26. The summed E-state index contributed by atoms with van der Waals surface area (Å²) in [6.07, 6.45) is 0. The van der Waals surface area contributed by atoms with E-state index in [0.717, 1.165) is 6.07 Å². The zero-order chi connectivity index (χ0) is 19.4. The van der Waals surface area contributed by atoms with Crippen LogP contribution in [0.2, 0.25) is 0 Å². The van der Waals surface area contributed by atoms with Crippen LogP contribution in [0.15, 0.2) is 82.2 Å². The van der Waals surface area contributed by atoms with E-state index >= 15 is 0 Å². The van der Waals surface area contributed by atoms with Gasteiger partial charge in [0.2, 0.25) is 0 Å². The molecule has 138 valence electrons. The second-order valence-corrected chi connectivity index (χ2v) is 8.08. The molecule has 8 heteroatoms. The number of benzene rings is 3. The summed E-state index contributed by atoms with van der Waals surface area (Å²) in [5.41, 5.74) is 0.538. The molecular weight excluding hydrogens is 435 g/mol. The zero-order valence-corrected chi connectivity index (χ0v) is 16.2. The number of anilines is 2. The van der Waals surface area contributed by atoms with E-state index in [2.05, 4.69) is 26.0 Å². The third kappa shape index (κ3) is 4.53. The van der Waals surface area contributed by atoms with Gasteiger partial charge in [0.25, 0.3) is 15.9 Å². The lowest BCUT2D eigenvalue weighted by Gasteiger charge is -2.14. The van der Waals surface area contributed by atoms with Gasteiger partial charge in [0.15, 0.2) is 0 Å². The number of sulfonamides is 1. The first-order valence-corrected chi connectivity index (χ1v) is 10.1. The number of nitrogens with one attached hydrogen (secondary N) is 2. The van der Waals surface area contributed by atoms with Crippen LogP contribution < -0.4 is 10.0 Å². The molecule has 0 spiro atoms. The van der Waals surface area contributed by atoms with Crippen molar-refractivity contribution in [2.75, 3.05) is 10.0 Å². The van der Waals surface area contributed by atoms with Crippen molar-refractivity contribution in [2.24, 2.45) is 0 Å². The standard InChI is InChI=1S/C19H14BrFN2O3S/c20-16-11-10-13(21)12-15(16)19(24)22-17-8-4-5-9-18(17)23-27(25,26)14-6-2-1-3-7-14/h1-12,23H,(H,22,24). The van der Waals surface area contributed by atoms with E-state index < -0.39 is 21.7 Å². The molecule has 0 aliphatic rings. The van der Waals surface area contributed by atoms with E-state index in [-0.39, 0.29) is 21.8 Å². The lowest BCUT2D eigenvalue weighted by molar-refractivity contribution is 0.102. The van der Waals surface area contributed by atoms with Crippen molar-refractivity contribution >= 4 is 43.2 Å². The predicted octanol–water partition coefficient (Wildman–Crippen LogP) is 4.64. The smallest absolute Gasteiger partial charge is 0.261 e. The number of hydrogen-bond donors (Lipinski definition) is 2. The van der Waals surface area contributed by atoms with E-state index in [9.17, 15) is 17.6 Å². The molecule has 0 aliphatic carbocycles. The minimum atomic E-state index is -3.82. The zero-order valence-electron chi connectivity index (χ0n) is 13.8. The lowest BCUT2D eigenvalue weighted by atomic mass is 10.2. The van der Waals surface area contributed by atoms with Gasteiger partial charge in [-0.1, -0.05) is 30.3 Å². The van der Waals surface area contributed by atoms with Gasteiger partial charge in [-0.15, -0.1) is 0 Å². The highest BCUT2D eigenvalue weighted by atomic mass is 79.9. The normalized spacial score (nSPS) is 11.0. The molecule has 0 bridgehead atoms. The Labute approximate surface area is 164 Å². The molecule has 3 aromatic rings. The summed E-state index contributed by atoms with van der Waals surface area (Å²) in [7, 11) is -3.82. The van der Waals surface area contributed by atoms with Gasteiger partial charge in [0, 0.05) is 4.47 Å². The molecule has 0 heterocycles. The molecule has 0 unspecified atom stereocenters. The summed E-state index contributed by atoms with van der Waals surface area (Å²) >= 11 is 3.20. The Hall–Kier alpha value is -2.71. The highest BCUT2D eigenvalue weighted by molar-refractivity contribution is 9.10. The van der Waals surface area contributed by atoms with Gasteiger partial charge in [0.1, 0.15) is 5.82 Å². The van der Waals surface area contributed by atoms with Crippen LogP contribution >= 0.6 is 15.9 Å². The molecule has 0 saturated carbocycles. The average Bonchev–Trinajstić information content (AvgIpc) is 2.66. The molecule has 5 nitrogen and oxygen atoms in total. The molecule has 3 rings (SSSR count). The first-order valence-electron chi connectivity index (χ1n) is 7.80. The molecule has 0 aliphatic heterocycles. The molecule has 3 aromatic carbocycles. The summed E-state index contributed by atoms with van der Waals surface area (Å²) in [5, 5.41) is 2.61. The first kappa shape index (κ1) is 19.1. The van der Waals surface area contributed by atoms with Gasteiger partial charge >= 0.3 is 0 Å². The fourth-order valence-electron chi connectivity index (χ4n) is 2.35. The summed E-state index contributed by atoms with van der Waals surface area (Å²) in [6, 6.07) is 18.0. The van der Waals surface area contributed by atoms with E-state index in [1.54, 1.807) is 36.4 Å². The van der Waals surface area contributed by atoms with Crippen molar-refractivity contribution in [1.29, 1.82) is 0 Å². The Morgan fingerprint density at radius 2 is 1.52 bits per heavy atom. The first-order chi connectivity index (χ1) is 12.9. The summed E-state index contributed by atoms with van der Waals surface area (Å²) in [5.74, 6) is -1.13. The fourth-order valence-corrected chi connectivity index (χ4v) is 3.87. The van der Waals surface area contributed by atoms with Crippen molar-refractivity contribution < 1.29 is 17.6 Å². The number of hydrogen-bond acceptors (Lipinski definition) is 3. The maximum absolute atomic E-state index is 13.4. The number of carbonyl (C=O) groups excluding carboxylic acids is 1. The van der Waals surface area contributed by atoms with Crippen LogP contribution in [0.5, 0.6) is 0 Å². The highest BCUT2D eigenvalue weighted by Gasteiger charge is 2.17. The van der Waals surface area contributed by atoms with Gasteiger partial charge in [0.05, 0.1) is 21.8 Å². The summed E-state index contributed by atoms with van der Waals surface area (Å²) < 4.78 is 41.4. The van der Waals surface area contributed by atoms with Gasteiger partial charge < -0.3 is 5.32 Å². The Balaban J connectivity index is 1.88. The fraction of sp³-hybridized carbons (Fsp3) is 0. The molecule has 2 N–H and O–H groups in total. The lowest BCUT2D eigenvalue weighted by Crippen LogP contribution is -2.17. The van der Waals surface area contributed by atoms with Crippen molar-refractivity contribution in [1.82, 2.24) is 0 Å². The van der Waals surface area contributed by atoms with Crippen LogP contribution in [0.25, 0.3) is 0 Å². The number of rotatable bonds is 5. The van der Waals surface area contributed by atoms with Crippen LogP contribution in [0, 0.1) is 5.82 Å². The van der Waals surface area contributed by atoms with Crippen LogP contribution in [-0.2, 0) is 10.0 Å². The predicted molar refractivity (Wildman–Crippen MR) is 106 cm³/mol. The molecule has 0 saturated heterocycles. The molecule has 27 heavy (non-hydrogen) atoms. The van der Waals surface area contributed by atoms with E-state index in [4.69, 9.17) is 0 Å². The third-order valence-electron chi connectivity index (χ3n) is 3.65. The van der Waals surface area contributed by atoms with Crippen LogP contribution in [-0.4, -0.2) is 14.3 Å². The second kappa shape index (κ2) is 7.89. The number of carbonyl (C=O) groups is 1. The number of amides is 1. The minimum absolute atomic E-state index is 0.0933. The molecule has 0 fully saturated rings. The molecule has 0 radical (unpaired) electrons.